The van der Waals surface area contributed by atoms with Crippen LogP contribution in [0, 0.1) is 17.1 Å². The normalized spacial score (nSPS) is 10.0. The van der Waals surface area contributed by atoms with Gasteiger partial charge >= 0.3 is 5.97 Å². The van der Waals surface area contributed by atoms with Crippen molar-refractivity contribution >= 4 is 40.5 Å². The van der Waals surface area contributed by atoms with Crippen LogP contribution < -0.4 is 4.90 Å². The number of anilines is 1. The molecular weight excluding hydrogens is 355 g/mol. The van der Waals surface area contributed by atoms with E-state index in [9.17, 15) is 14.0 Å². The molecule has 0 aliphatic heterocycles. The minimum atomic E-state index is -0.686. The summed E-state index contributed by atoms with van der Waals surface area (Å²) in [5.41, 5.74) is 0.0352. The van der Waals surface area contributed by atoms with Gasteiger partial charge in [-0.3, -0.25) is 4.79 Å². The number of esters is 1. The van der Waals surface area contributed by atoms with Gasteiger partial charge in [0.25, 0.3) is 5.91 Å². The Balaban J connectivity index is 2.07. The van der Waals surface area contributed by atoms with E-state index in [1.165, 1.54) is 24.3 Å². The van der Waals surface area contributed by atoms with Gasteiger partial charge in [-0.25, -0.2) is 9.18 Å². The SMILES string of the molecule is N#CCCN(C(=O)COC(=O)c1ccc(Cl)s1)c1ccccc1F. The lowest BCUT2D eigenvalue weighted by Gasteiger charge is -2.22. The number of carbonyl (C=O) groups excluding carboxylic acids is 2. The first-order valence-corrected chi connectivity index (χ1v) is 8.06. The van der Waals surface area contributed by atoms with Gasteiger partial charge < -0.3 is 9.64 Å². The van der Waals surface area contributed by atoms with E-state index >= 15 is 0 Å². The summed E-state index contributed by atoms with van der Waals surface area (Å²) in [6.07, 6.45) is 0.0224. The summed E-state index contributed by atoms with van der Waals surface area (Å²) in [5, 5.41) is 8.70. The van der Waals surface area contributed by atoms with Crippen LogP contribution in [0.5, 0.6) is 0 Å². The maximum atomic E-state index is 13.9. The average molecular weight is 367 g/mol. The highest BCUT2D eigenvalue weighted by molar-refractivity contribution is 7.17. The minimum absolute atomic E-state index is 0.00134. The predicted molar refractivity (Wildman–Crippen MR) is 88.6 cm³/mol. The van der Waals surface area contributed by atoms with Crippen LogP contribution in [0.15, 0.2) is 36.4 Å². The molecule has 0 saturated carbocycles. The van der Waals surface area contributed by atoms with Gasteiger partial charge in [0, 0.05) is 6.54 Å². The number of halogens is 2. The van der Waals surface area contributed by atoms with E-state index in [0.29, 0.717) is 4.34 Å². The van der Waals surface area contributed by atoms with Gasteiger partial charge in [-0.2, -0.15) is 5.26 Å². The van der Waals surface area contributed by atoms with Crippen molar-refractivity contribution in [2.45, 2.75) is 6.42 Å². The highest BCUT2D eigenvalue weighted by Crippen LogP contribution is 2.22. The standard InChI is InChI=1S/C16H12ClFN2O3S/c17-14-7-6-13(24-14)16(22)23-10-15(21)20(9-3-8-19)12-5-2-1-4-11(12)18/h1-2,4-7H,3,9-10H2. The number of benzene rings is 1. The number of rotatable bonds is 6. The molecule has 2 rings (SSSR count). The molecule has 0 aliphatic carbocycles. The summed E-state index contributed by atoms with van der Waals surface area (Å²) in [7, 11) is 0. The molecule has 8 heteroatoms. The Bertz CT molecular complexity index is 788. The number of hydrogen-bond acceptors (Lipinski definition) is 5. The summed E-state index contributed by atoms with van der Waals surface area (Å²) in [4.78, 5) is 25.5. The summed E-state index contributed by atoms with van der Waals surface area (Å²) in [6, 6.07) is 10.6. The number of carbonyl (C=O) groups is 2. The zero-order chi connectivity index (χ0) is 17.5. The molecule has 124 valence electrons. The Labute approximate surface area is 146 Å². The van der Waals surface area contributed by atoms with Crippen molar-refractivity contribution in [2.24, 2.45) is 0 Å². The van der Waals surface area contributed by atoms with Crippen LogP contribution in [0.3, 0.4) is 0 Å². The summed E-state index contributed by atoms with van der Waals surface area (Å²) in [5.74, 6) is -1.90. The maximum Gasteiger partial charge on any atom is 0.348 e. The van der Waals surface area contributed by atoms with Crippen molar-refractivity contribution in [3.8, 4) is 6.07 Å². The van der Waals surface area contributed by atoms with Crippen molar-refractivity contribution < 1.29 is 18.7 Å². The molecule has 1 aromatic carbocycles. The van der Waals surface area contributed by atoms with Crippen LogP contribution in [-0.4, -0.2) is 25.0 Å². The van der Waals surface area contributed by atoms with Crippen LogP contribution in [0.4, 0.5) is 10.1 Å². The average Bonchev–Trinajstić information content (AvgIpc) is 3.01. The molecule has 0 N–H and O–H groups in total. The number of ether oxygens (including phenoxy) is 1. The van der Waals surface area contributed by atoms with Crippen molar-refractivity contribution in [3.63, 3.8) is 0 Å². The predicted octanol–water partition coefficient (Wildman–Crippen LogP) is 3.64. The monoisotopic (exact) mass is 366 g/mol. The van der Waals surface area contributed by atoms with E-state index < -0.39 is 24.3 Å². The quantitative estimate of drug-likeness (QED) is 0.732. The molecule has 5 nitrogen and oxygen atoms in total. The Morgan fingerprint density at radius 1 is 1.29 bits per heavy atom. The van der Waals surface area contributed by atoms with Gasteiger partial charge in [0.15, 0.2) is 6.61 Å². The summed E-state index contributed by atoms with van der Waals surface area (Å²) in [6.45, 7) is -0.563. The molecule has 0 radical (unpaired) electrons. The van der Waals surface area contributed by atoms with Crippen molar-refractivity contribution in [2.75, 3.05) is 18.1 Å². The topological polar surface area (TPSA) is 70.4 Å². The molecule has 0 saturated heterocycles. The fourth-order valence-corrected chi connectivity index (χ4v) is 2.85. The third-order valence-corrected chi connectivity index (χ3v) is 4.20. The third kappa shape index (κ3) is 4.54. The van der Waals surface area contributed by atoms with E-state index in [1.54, 1.807) is 12.1 Å². The second-order valence-electron chi connectivity index (χ2n) is 4.58. The van der Waals surface area contributed by atoms with E-state index in [1.807, 2.05) is 6.07 Å². The smallest absolute Gasteiger partial charge is 0.348 e. The lowest BCUT2D eigenvalue weighted by Crippen LogP contribution is -2.36. The Morgan fingerprint density at radius 3 is 2.67 bits per heavy atom. The largest absolute Gasteiger partial charge is 0.451 e. The molecular formula is C16H12ClFN2O3S. The zero-order valence-corrected chi connectivity index (χ0v) is 13.9. The number of para-hydroxylation sites is 1. The second-order valence-corrected chi connectivity index (χ2v) is 6.30. The first kappa shape index (κ1) is 17.9. The fourth-order valence-electron chi connectivity index (χ4n) is 1.91. The lowest BCUT2D eigenvalue weighted by atomic mass is 10.2. The first-order chi connectivity index (χ1) is 11.5. The van der Waals surface area contributed by atoms with E-state index in [0.717, 1.165) is 16.2 Å². The number of nitriles is 1. The first-order valence-electron chi connectivity index (χ1n) is 6.87. The van der Waals surface area contributed by atoms with Crippen LogP contribution in [-0.2, 0) is 9.53 Å². The van der Waals surface area contributed by atoms with Gasteiger partial charge in [-0.1, -0.05) is 23.7 Å². The molecule has 0 atom stereocenters. The van der Waals surface area contributed by atoms with Crippen LogP contribution in [0.25, 0.3) is 0 Å². The van der Waals surface area contributed by atoms with Gasteiger partial charge in [-0.05, 0) is 24.3 Å². The van der Waals surface area contributed by atoms with Crippen LogP contribution in [0.2, 0.25) is 4.34 Å². The highest BCUT2D eigenvalue weighted by atomic mass is 35.5. The zero-order valence-electron chi connectivity index (χ0n) is 12.4. The lowest BCUT2D eigenvalue weighted by molar-refractivity contribution is -0.121. The van der Waals surface area contributed by atoms with Gasteiger partial charge in [0.05, 0.1) is 22.5 Å². The molecule has 1 heterocycles. The Morgan fingerprint density at radius 2 is 2.04 bits per heavy atom. The highest BCUT2D eigenvalue weighted by Gasteiger charge is 2.21. The molecule has 0 aliphatic rings. The van der Waals surface area contributed by atoms with Crippen LogP contribution >= 0.6 is 22.9 Å². The maximum absolute atomic E-state index is 13.9. The van der Waals surface area contributed by atoms with E-state index in [4.69, 9.17) is 21.6 Å². The number of nitrogens with zero attached hydrogens (tertiary/aromatic N) is 2. The Hall–Kier alpha value is -2.43. The molecule has 2 aromatic rings. The van der Waals surface area contributed by atoms with E-state index in [-0.39, 0.29) is 23.5 Å². The second kappa shape index (κ2) is 8.43. The molecule has 1 amide bonds. The molecule has 0 fully saturated rings. The number of thiophene rings is 1. The van der Waals surface area contributed by atoms with Crippen molar-refractivity contribution in [1.29, 1.82) is 5.26 Å². The molecule has 0 bridgehead atoms. The van der Waals surface area contributed by atoms with Gasteiger partial charge in [0.2, 0.25) is 0 Å². The van der Waals surface area contributed by atoms with Gasteiger partial charge in [-0.15, -0.1) is 11.3 Å². The summed E-state index contributed by atoms with van der Waals surface area (Å²) < 4.78 is 19.3. The minimum Gasteiger partial charge on any atom is -0.451 e. The summed E-state index contributed by atoms with van der Waals surface area (Å²) >= 11 is 6.77. The molecule has 1 aromatic heterocycles. The van der Waals surface area contributed by atoms with Crippen LogP contribution in [0.1, 0.15) is 16.1 Å². The van der Waals surface area contributed by atoms with Crippen molar-refractivity contribution in [3.05, 3.63) is 51.4 Å². The Kier molecular flexibility index (Phi) is 6.29. The molecule has 0 unspecified atom stereocenters. The van der Waals surface area contributed by atoms with Gasteiger partial charge in [0.1, 0.15) is 10.7 Å². The number of amides is 1. The van der Waals surface area contributed by atoms with Crippen molar-refractivity contribution in [1.82, 2.24) is 0 Å². The fraction of sp³-hybridized carbons (Fsp3) is 0.188. The number of hydrogen-bond donors (Lipinski definition) is 0. The molecule has 0 spiro atoms. The third-order valence-electron chi connectivity index (χ3n) is 2.99. The van der Waals surface area contributed by atoms with E-state index in [2.05, 4.69) is 0 Å². The molecule has 24 heavy (non-hydrogen) atoms.